The Morgan fingerprint density at radius 2 is 2.19 bits per heavy atom. The molecule has 0 saturated heterocycles. The topological polar surface area (TPSA) is 64.7 Å². The van der Waals surface area contributed by atoms with Crippen molar-refractivity contribution in [2.24, 2.45) is 0 Å². The third kappa shape index (κ3) is 4.17. The molecule has 21 heavy (non-hydrogen) atoms. The molecule has 0 aliphatic rings. The summed E-state index contributed by atoms with van der Waals surface area (Å²) in [6.07, 6.45) is 4.62. The first-order chi connectivity index (χ1) is 9.97. The molecular weight excluding hydrogens is 334 g/mol. The van der Waals surface area contributed by atoms with Crippen LogP contribution in [0.25, 0.3) is 0 Å². The average molecular weight is 354 g/mol. The van der Waals surface area contributed by atoms with Crippen LogP contribution in [0.3, 0.4) is 0 Å². The quantitative estimate of drug-likeness (QED) is 0.809. The van der Waals surface area contributed by atoms with Crippen LogP contribution >= 0.6 is 15.9 Å². The van der Waals surface area contributed by atoms with Crippen LogP contribution in [0.5, 0.6) is 0 Å². The van der Waals surface area contributed by atoms with Gasteiger partial charge in [-0.3, -0.25) is 14.2 Å². The molecule has 114 valence electrons. The monoisotopic (exact) mass is 353 g/mol. The number of aryl methyl sites for hydroxylation is 3. The van der Waals surface area contributed by atoms with Gasteiger partial charge in [-0.25, -0.2) is 0 Å². The fourth-order valence-corrected chi connectivity index (χ4v) is 2.26. The Labute approximate surface area is 132 Å². The lowest BCUT2D eigenvalue weighted by Crippen LogP contribution is -2.32. The van der Waals surface area contributed by atoms with Gasteiger partial charge in [0.1, 0.15) is 6.04 Å². The van der Waals surface area contributed by atoms with Gasteiger partial charge in [0, 0.05) is 25.5 Å². The van der Waals surface area contributed by atoms with Crippen LogP contribution in [-0.2, 0) is 11.3 Å². The molecule has 2 aromatic rings. The lowest BCUT2D eigenvalue weighted by Gasteiger charge is -2.12. The molecule has 0 aliphatic carbocycles. The predicted octanol–water partition coefficient (Wildman–Crippen LogP) is 2.23. The van der Waals surface area contributed by atoms with Gasteiger partial charge >= 0.3 is 0 Å². The van der Waals surface area contributed by atoms with Gasteiger partial charge in [0.15, 0.2) is 0 Å². The number of nitrogens with one attached hydrogen (secondary N) is 1. The number of rotatable bonds is 6. The van der Waals surface area contributed by atoms with E-state index in [-0.39, 0.29) is 11.9 Å². The summed E-state index contributed by atoms with van der Waals surface area (Å²) >= 11 is 3.40. The van der Waals surface area contributed by atoms with E-state index in [9.17, 15) is 4.79 Å². The number of aromatic nitrogens is 4. The molecule has 2 heterocycles. The number of nitrogens with zero attached hydrogens (tertiary/aromatic N) is 4. The maximum atomic E-state index is 12.1. The SMILES string of the molecule is Cc1ccn(CCCNC(=O)[C@H](C)n2cc(Br)c(C)n2)n1. The van der Waals surface area contributed by atoms with Crippen LogP contribution in [0.4, 0.5) is 0 Å². The van der Waals surface area contributed by atoms with Gasteiger partial charge in [-0.05, 0) is 49.2 Å². The summed E-state index contributed by atoms with van der Waals surface area (Å²) in [6, 6.07) is 1.65. The summed E-state index contributed by atoms with van der Waals surface area (Å²) in [5.41, 5.74) is 1.89. The van der Waals surface area contributed by atoms with E-state index in [2.05, 4.69) is 31.4 Å². The first kappa shape index (κ1) is 15.8. The van der Waals surface area contributed by atoms with Gasteiger partial charge in [0.2, 0.25) is 5.91 Å². The van der Waals surface area contributed by atoms with Crippen molar-refractivity contribution in [3.05, 3.63) is 34.3 Å². The molecule has 1 atom stereocenters. The van der Waals surface area contributed by atoms with Crippen molar-refractivity contribution >= 4 is 21.8 Å². The molecule has 2 aromatic heterocycles. The largest absolute Gasteiger partial charge is 0.354 e. The number of carbonyl (C=O) groups excluding carboxylic acids is 1. The second-order valence-corrected chi connectivity index (χ2v) is 5.94. The molecular formula is C14H20BrN5O. The Bertz CT molecular complexity index is 599. The highest BCUT2D eigenvalue weighted by Gasteiger charge is 2.16. The summed E-state index contributed by atoms with van der Waals surface area (Å²) in [4.78, 5) is 12.1. The predicted molar refractivity (Wildman–Crippen MR) is 84.0 cm³/mol. The molecule has 6 nitrogen and oxygen atoms in total. The fourth-order valence-electron chi connectivity index (χ4n) is 1.97. The van der Waals surface area contributed by atoms with E-state index in [4.69, 9.17) is 0 Å². The second kappa shape index (κ2) is 6.89. The van der Waals surface area contributed by atoms with Crippen LogP contribution in [0.15, 0.2) is 22.9 Å². The third-order valence-electron chi connectivity index (χ3n) is 3.27. The minimum Gasteiger partial charge on any atom is -0.354 e. The molecule has 0 bridgehead atoms. The lowest BCUT2D eigenvalue weighted by molar-refractivity contribution is -0.124. The zero-order valence-corrected chi connectivity index (χ0v) is 14.1. The van der Waals surface area contributed by atoms with Gasteiger partial charge in [-0.15, -0.1) is 0 Å². The van der Waals surface area contributed by atoms with E-state index >= 15 is 0 Å². The van der Waals surface area contributed by atoms with Gasteiger partial charge in [-0.2, -0.15) is 10.2 Å². The van der Waals surface area contributed by atoms with Crippen LogP contribution < -0.4 is 5.32 Å². The number of carbonyl (C=O) groups is 1. The molecule has 2 rings (SSSR count). The Hall–Kier alpha value is -1.63. The van der Waals surface area contributed by atoms with Crippen molar-refractivity contribution in [2.75, 3.05) is 6.54 Å². The molecule has 0 fully saturated rings. The van der Waals surface area contributed by atoms with E-state index in [1.54, 1.807) is 4.68 Å². The van der Waals surface area contributed by atoms with E-state index in [0.717, 1.165) is 28.8 Å². The number of hydrogen-bond acceptors (Lipinski definition) is 3. The molecule has 0 unspecified atom stereocenters. The van der Waals surface area contributed by atoms with Gasteiger partial charge < -0.3 is 5.32 Å². The zero-order valence-electron chi connectivity index (χ0n) is 12.5. The maximum Gasteiger partial charge on any atom is 0.244 e. The molecule has 7 heteroatoms. The van der Waals surface area contributed by atoms with E-state index in [1.165, 1.54) is 0 Å². The van der Waals surface area contributed by atoms with Gasteiger partial charge in [0.05, 0.1) is 15.9 Å². The zero-order chi connectivity index (χ0) is 15.4. The third-order valence-corrected chi connectivity index (χ3v) is 4.05. The summed E-state index contributed by atoms with van der Waals surface area (Å²) in [5.74, 6) is -0.0263. The summed E-state index contributed by atoms with van der Waals surface area (Å²) in [5, 5.41) is 11.5. The number of halogens is 1. The minimum atomic E-state index is -0.318. The van der Waals surface area contributed by atoms with Crippen molar-refractivity contribution in [3.63, 3.8) is 0 Å². The van der Waals surface area contributed by atoms with Gasteiger partial charge in [-0.1, -0.05) is 0 Å². The Balaban J connectivity index is 1.76. The maximum absolute atomic E-state index is 12.1. The molecule has 0 radical (unpaired) electrons. The van der Waals surface area contributed by atoms with Crippen molar-refractivity contribution in [3.8, 4) is 0 Å². The molecule has 0 spiro atoms. The summed E-state index contributed by atoms with van der Waals surface area (Å²) < 4.78 is 4.47. The smallest absolute Gasteiger partial charge is 0.244 e. The lowest BCUT2D eigenvalue weighted by atomic mass is 10.3. The Morgan fingerprint density at radius 1 is 1.43 bits per heavy atom. The highest BCUT2D eigenvalue weighted by atomic mass is 79.9. The van der Waals surface area contributed by atoms with Crippen molar-refractivity contribution in [2.45, 2.75) is 39.8 Å². The highest BCUT2D eigenvalue weighted by Crippen LogP contribution is 2.16. The fraction of sp³-hybridized carbons (Fsp3) is 0.500. The van der Waals surface area contributed by atoms with Crippen LogP contribution in [0.1, 0.15) is 30.8 Å². The molecule has 0 aromatic carbocycles. The second-order valence-electron chi connectivity index (χ2n) is 5.08. The number of amides is 1. The minimum absolute atomic E-state index is 0.0263. The molecule has 0 saturated carbocycles. The molecule has 1 N–H and O–H groups in total. The molecule has 1 amide bonds. The van der Waals surface area contributed by atoms with Crippen molar-refractivity contribution in [1.82, 2.24) is 24.9 Å². The van der Waals surface area contributed by atoms with E-state index in [1.807, 2.05) is 43.9 Å². The Kier molecular flexibility index (Phi) is 5.17. The highest BCUT2D eigenvalue weighted by molar-refractivity contribution is 9.10. The van der Waals surface area contributed by atoms with E-state index < -0.39 is 0 Å². The van der Waals surface area contributed by atoms with Crippen molar-refractivity contribution in [1.29, 1.82) is 0 Å². The van der Waals surface area contributed by atoms with Crippen molar-refractivity contribution < 1.29 is 4.79 Å². The van der Waals surface area contributed by atoms with Crippen LogP contribution in [-0.4, -0.2) is 32.0 Å². The number of hydrogen-bond donors (Lipinski definition) is 1. The van der Waals surface area contributed by atoms with Gasteiger partial charge in [0.25, 0.3) is 0 Å². The first-order valence-corrected chi connectivity index (χ1v) is 7.75. The van der Waals surface area contributed by atoms with Crippen LogP contribution in [0.2, 0.25) is 0 Å². The van der Waals surface area contributed by atoms with E-state index in [0.29, 0.717) is 6.54 Å². The average Bonchev–Trinajstić information content (AvgIpc) is 3.00. The van der Waals surface area contributed by atoms with Crippen LogP contribution in [0, 0.1) is 13.8 Å². The molecule has 0 aliphatic heterocycles. The first-order valence-electron chi connectivity index (χ1n) is 6.96. The summed E-state index contributed by atoms with van der Waals surface area (Å²) in [6.45, 7) is 7.13. The standard InChI is InChI=1S/C14H20BrN5O/c1-10-5-8-19(17-10)7-4-6-16-14(21)12(3)20-9-13(15)11(2)18-20/h5,8-9,12H,4,6-7H2,1-3H3,(H,16,21)/t12-/m0/s1. The Morgan fingerprint density at radius 3 is 2.76 bits per heavy atom. The normalized spacial score (nSPS) is 12.4. The summed E-state index contributed by atoms with van der Waals surface area (Å²) in [7, 11) is 0.